The Morgan fingerprint density at radius 2 is 1.77 bits per heavy atom. The highest BCUT2D eigenvalue weighted by molar-refractivity contribution is 7.18. The van der Waals surface area contributed by atoms with Crippen LogP contribution in [0.2, 0.25) is 5.02 Å². The van der Waals surface area contributed by atoms with E-state index in [0.29, 0.717) is 23.7 Å². The third-order valence-electron chi connectivity index (χ3n) is 6.28. The Kier molecular flexibility index (Phi) is 5.67. The summed E-state index contributed by atoms with van der Waals surface area (Å²) in [5.41, 5.74) is 1.62. The van der Waals surface area contributed by atoms with Gasteiger partial charge < -0.3 is 9.80 Å². The number of halogens is 1. The number of amides is 2. The van der Waals surface area contributed by atoms with Crippen LogP contribution >= 0.6 is 22.9 Å². The second kappa shape index (κ2) is 8.60. The van der Waals surface area contributed by atoms with Crippen LogP contribution in [0.1, 0.15) is 47.1 Å². The van der Waals surface area contributed by atoms with Crippen LogP contribution in [0.25, 0.3) is 10.2 Å². The van der Waals surface area contributed by atoms with Crippen LogP contribution in [0.5, 0.6) is 0 Å². The van der Waals surface area contributed by atoms with Gasteiger partial charge in [-0.3, -0.25) is 9.59 Å². The van der Waals surface area contributed by atoms with Crippen molar-refractivity contribution >= 4 is 45.0 Å². The number of hydrogen-bond donors (Lipinski definition) is 0. The molecule has 0 N–H and O–H groups in total. The smallest absolute Gasteiger partial charge is 0.253 e. The lowest BCUT2D eigenvalue weighted by atomic mass is 9.95. The molecule has 0 bridgehead atoms. The molecule has 5 rings (SSSR count). The van der Waals surface area contributed by atoms with E-state index >= 15 is 0 Å². The lowest BCUT2D eigenvalue weighted by Gasteiger charge is -2.35. The molecule has 2 aliphatic rings. The Labute approximate surface area is 190 Å². The number of hydrogen-bond acceptors (Lipinski definition) is 4. The minimum atomic E-state index is -0.153. The second-order valence-corrected chi connectivity index (χ2v) is 9.81. The van der Waals surface area contributed by atoms with Crippen molar-refractivity contribution in [3.63, 3.8) is 0 Å². The molecule has 3 aromatic rings. The van der Waals surface area contributed by atoms with E-state index in [1.807, 2.05) is 28.0 Å². The fraction of sp³-hybridized carbons (Fsp3) is 0.375. The topological polar surface area (TPSA) is 53.5 Å². The van der Waals surface area contributed by atoms with Crippen molar-refractivity contribution in [2.45, 2.75) is 31.7 Å². The van der Waals surface area contributed by atoms with Crippen molar-refractivity contribution < 1.29 is 9.59 Å². The van der Waals surface area contributed by atoms with E-state index in [1.54, 1.807) is 35.6 Å². The fourth-order valence-electron chi connectivity index (χ4n) is 4.69. The molecule has 0 aliphatic carbocycles. The minimum absolute atomic E-state index is 0.0293. The highest BCUT2D eigenvalue weighted by Gasteiger charge is 2.38. The number of likely N-dealkylation sites (tertiary alicyclic amines) is 2. The summed E-state index contributed by atoms with van der Waals surface area (Å²) in [6.45, 7) is 1.93. The predicted octanol–water partition coefficient (Wildman–Crippen LogP) is 5.17. The largest absolute Gasteiger partial charge is 0.338 e. The SMILES string of the molecule is O=C(c1ccc(Cl)cc1)N1CCC[C@@H](C(=O)N2CCC[C@@H]2c2nc3ccccc3s2)C1. The number of thiazole rings is 1. The molecular formula is C24H24ClN3O2S. The number of para-hydroxylation sites is 1. The zero-order valence-electron chi connectivity index (χ0n) is 17.2. The molecule has 160 valence electrons. The van der Waals surface area contributed by atoms with Gasteiger partial charge in [0.25, 0.3) is 5.91 Å². The summed E-state index contributed by atoms with van der Waals surface area (Å²) in [6, 6.07) is 15.1. The van der Waals surface area contributed by atoms with Gasteiger partial charge in [0.15, 0.2) is 0 Å². The zero-order chi connectivity index (χ0) is 21.4. The molecule has 2 fully saturated rings. The fourth-order valence-corrected chi connectivity index (χ4v) is 5.93. The van der Waals surface area contributed by atoms with Crippen LogP contribution in [0.15, 0.2) is 48.5 Å². The number of benzene rings is 2. The van der Waals surface area contributed by atoms with Crippen LogP contribution in [0, 0.1) is 5.92 Å². The average Bonchev–Trinajstić information content (AvgIpc) is 3.45. The molecule has 31 heavy (non-hydrogen) atoms. The number of nitrogens with zero attached hydrogens (tertiary/aromatic N) is 3. The van der Waals surface area contributed by atoms with Crippen LogP contribution in [-0.4, -0.2) is 46.2 Å². The highest BCUT2D eigenvalue weighted by Crippen LogP contribution is 2.38. The number of carbonyl (C=O) groups excluding carboxylic acids is 2. The maximum atomic E-state index is 13.5. The lowest BCUT2D eigenvalue weighted by Crippen LogP contribution is -2.46. The van der Waals surface area contributed by atoms with E-state index < -0.39 is 0 Å². The first-order chi connectivity index (χ1) is 15.1. The van der Waals surface area contributed by atoms with Crippen molar-refractivity contribution in [2.75, 3.05) is 19.6 Å². The van der Waals surface area contributed by atoms with Gasteiger partial charge in [-0.1, -0.05) is 23.7 Å². The van der Waals surface area contributed by atoms with Crippen molar-refractivity contribution in [1.82, 2.24) is 14.8 Å². The molecule has 2 aliphatic heterocycles. The van der Waals surface area contributed by atoms with Gasteiger partial charge in [-0.25, -0.2) is 4.98 Å². The molecule has 2 amide bonds. The van der Waals surface area contributed by atoms with Gasteiger partial charge in [-0.05, 0) is 62.1 Å². The summed E-state index contributed by atoms with van der Waals surface area (Å²) >= 11 is 7.64. The molecule has 1 aromatic heterocycles. The van der Waals surface area contributed by atoms with Gasteiger partial charge in [0.2, 0.25) is 5.91 Å². The molecule has 0 spiro atoms. The van der Waals surface area contributed by atoms with E-state index in [-0.39, 0.29) is 23.8 Å². The van der Waals surface area contributed by atoms with Crippen LogP contribution in [0.4, 0.5) is 0 Å². The summed E-state index contributed by atoms with van der Waals surface area (Å²) in [5.74, 6) is -0.0198. The Bertz CT molecular complexity index is 1080. The number of fused-ring (bicyclic) bond motifs is 1. The number of piperidine rings is 1. The van der Waals surface area contributed by atoms with E-state index in [1.165, 1.54) is 0 Å². The third kappa shape index (κ3) is 4.06. The molecular weight excluding hydrogens is 430 g/mol. The van der Waals surface area contributed by atoms with Crippen LogP contribution in [0.3, 0.4) is 0 Å². The molecule has 5 nitrogen and oxygen atoms in total. The maximum Gasteiger partial charge on any atom is 0.253 e. The average molecular weight is 454 g/mol. The minimum Gasteiger partial charge on any atom is -0.338 e. The molecule has 2 saturated heterocycles. The van der Waals surface area contributed by atoms with Crippen molar-refractivity contribution in [1.29, 1.82) is 0 Å². The Balaban J connectivity index is 1.31. The van der Waals surface area contributed by atoms with Gasteiger partial charge in [0.05, 0.1) is 22.2 Å². The number of aromatic nitrogens is 1. The highest BCUT2D eigenvalue weighted by atomic mass is 35.5. The first kappa shape index (κ1) is 20.5. The van der Waals surface area contributed by atoms with E-state index in [0.717, 1.165) is 47.5 Å². The van der Waals surface area contributed by atoms with Gasteiger partial charge in [0, 0.05) is 30.2 Å². The summed E-state index contributed by atoms with van der Waals surface area (Å²) < 4.78 is 1.16. The van der Waals surface area contributed by atoms with E-state index in [9.17, 15) is 9.59 Å². The zero-order valence-corrected chi connectivity index (χ0v) is 18.7. The first-order valence-corrected chi connectivity index (χ1v) is 12.0. The standard InChI is InChI=1S/C24H24ClN3O2S/c25-18-11-9-16(10-12-18)23(29)27-13-3-5-17(15-27)24(30)28-14-4-7-20(28)22-26-19-6-1-2-8-21(19)31-22/h1-2,6,8-12,17,20H,3-5,7,13-15H2/t17-,20-/m1/s1. The van der Waals surface area contributed by atoms with Gasteiger partial charge in [-0.15, -0.1) is 11.3 Å². The molecule has 0 unspecified atom stereocenters. The van der Waals surface area contributed by atoms with E-state index in [4.69, 9.17) is 16.6 Å². The monoisotopic (exact) mass is 453 g/mol. The molecule has 7 heteroatoms. The quantitative estimate of drug-likeness (QED) is 0.550. The van der Waals surface area contributed by atoms with Crippen LogP contribution < -0.4 is 0 Å². The van der Waals surface area contributed by atoms with Crippen molar-refractivity contribution in [3.05, 3.63) is 64.1 Å². The van der Waals surface area contributed by atoms with Gasteiger partial charge >= 0.3 is 0 Å². The number of rotatable bonds is 3. The molecule has 0 radical (unpaired) electrons. The summed E-state index contributed by atoms with van der Waals surface area (Å²) in [4.78, 5) is 35.1. The summed E-state index contributed by atoms with van der Waals surface area (Å²) in [7, 11) is 0. The third-order valence-corrected chi connectivity index (χ3v) is 7.67. The van der Waals surface area contributed by atoms with Crippen molar-refractivity contribution in [2.24, 2.45) is 5.92 Å². The van der Waals surface area contributed by atoms with Gasteiger partial charge in [-0.2, -0.15) is 0 Å². The van der Waals surface area contributed by atoms with E-state index in [2.05, 4.69) is 6.07 Å². The second-order valence-electron chi connectivity index (χ2n) is 8.31. The molecule has 2 aromatic carbocycles. The Hall–Kier alpha value is -2.44. The summed E-state index contributed by atoms with van der Waals surface area (Å²) in [5, 5.41) is 1.63. The van der Waals surface area contributed by atoms with Crippen molar-refractivity contribution in [3.8, 4) is 0 Å². The molecule has 0 saturated carbocycles. The lowest BCUT2D eigenvalue weighted by molar-refractivity contribution is -0.137. The van der Waals surface area contributed by atoms with Gasteiger partial charge in [0.1, 0.15) is 5.01 Å². The molecule has 2 atom stereocenters. The Morgan fingerprint density at radius 1 is 1.00 bits per heavy atom. The Morgan fingerprint density at radius 3 is 2.58 bits per heavy atom. The maximum absolute atomic E-state index is 13.5. The first-order valence-electron chi connectivity index (χ1n) is 10.8. The summed E-state index contributed by atoms with van der Waals surface area (Å²) in [6.07, 6.45) is 3.61. The normalized spacial score (nSPS) is 21.6. The molecule has 3 heterocycles. The number of carbonyl (C=O) groups is 2. The predicted molar refractivity (Wildman–Crippen MR) is 123 cm³/mol. The van der Waals surface area contributed by atoms with Crippen LogP contribution in [-0.2, 0) is 4.79 Å².